The van der Waals surface area contributed by atoms with Gasteiger partial charge in [-0.25, -0.2) is 0 Å². The predicted molar refractivity (Wildman–Crippen MR) is 88.0 cm³/mol. The van der Waals surface area contributed by atoms with Crippen LogP contribution in [0.15, 0.2) is 40.9 Å². The van der Waals surface area contributed by atoms with E-state index in [2.05, 4.69) is 32.6 Å². The summed E-state index contributed by atoms with van der Waals surface area (Å²) in [6.07, 6.45) is 0.478. The van der Waals surface area contributed by atoms with Crippen LogP contribution in [0.2, 0.25) is 0 Å². The third-order valence-corrected chi connectivity index (χ3v) is 3.62. The van der Waals surface area contributed by atoms with Crippen molar-refractivity contribution in [2.45, 2.75) is 26.3 Å². The van der Waals surface area contributed by atoms with Crippen LogP contribution in [-0.2, 0) is 4.79 Å². The predicted octanol–water partition coefficient (Wildman–Crippen LogP) is 3.93. The number of amides is 1. The van der Waals surface area contributed by atoms with E-state index in [1.54, 1.807) is 0 Å². The van der Waals surface area contributed by atoms with Gasteiger partial charge in [-0.3, -0.25) is 4.79 Å². The molecule has 0 aliphatic rings. The molecule has 0 saturated carbocycles. The maximum absolute atomic E-state index is 11.9. The molecule has 20 heavy (non-hydrogen) atoms. The Morgan fingerprint density at radius 2 is 1.90 bits per heavy atom. The van der Waals surface area contributed by atoms with Crippen LogP contribution in [0.25, 0.3) is 10.8 Å². The minimum atomic E-state index is 0.0370. The highest BCUT2D eigenvalue weighted by atomic mass is 79.9. The quantitative estimate of drug-likeness (QED) is 0.869. The van der Waals surface area contributed by atoms with Crippen LogP contribution in [0.5, 0.6) is 0 Å². The largest absolute Gasteiger partial charge is 0.326 e. The summed E-state index contributed by atoms with van der Waals surface area (Å²) in [7, 11) is 0. The van der Waals surface area contributed by atoms with Gasteiger partial charge in [0.25, 0.3) is 0 Å². The van der Waals surface area contributed by atoms with Crippen molar-refractivity contribution in [3.05, 3.63) is 40.9 Å². The van der Waals surface area contributed by atoms with Crippen LogP contribution in [-0.4, -0.2) is 18.5 Å². The van der Waals surface area contributed by atoms with Gasteiger partial charge in [0.05, 0.1) is 0 Å². The lowest BCUT2D eigenvalue weighted by Crippen LogP contribution is -2.30. The summed E-state index contributed by atoms with van der Waals surface area (Å²) < 4.78 is 1.06. The summed E-state index contributed by atoms with van der Waals surface area (Å²) in [5, 5.41) is 8.45. The number of hydrogen-bond acceptors (Lipinski definition) is 2. The van der Waals surface area contributed by atoms with Crippen LogP contribution in [0, 0.1) is 0 Å². The average molecular weight is 335 g/mol. The molecule has 2 N–H and O–H groups in total. The fourth-order valence-corrected chi connectivity index (χ4v) is 2.58. The van der Waals surface area contributed by atoms with E-state index in [0.29, 0.717) is 6.42 Å². The highest BCUT2D eigenvalue weighted by Gasteiger charge is 2.08. The normalized spacial score (nSPS) is 12.3. The van der Waals surface area contributed by atoms with Gasteiger partial charge in [-0.2, -0.15) is 0 Å². The van der Waals surface area contributed by atoms with Crippen molar-refractivity contribution in [1.29, 1.82) is 0 Å². The summed E-state index contributed by atoms with van der Waals surface area (Å²) in [6.45, 7) is 4.93. The van der Waals surface area contributed by atoms with Crippen molar-refractivity contribution in [2.75, 3.05) is 11.9 Å². The molecule has 3 nitrogen and oxygen atoms in total. The van der Waals surface area contributed by atoms with Gasteiger partial charge < -0.3 is 10.6 Å². The van der Waals surface area contributed by atoms with Gasteiger partial charge in [0, 0.05) is 22.6 Å². The van der Waals surface area contributed by atoms with Crippen molar-refractivity contribution >= 4 is 38.3 Å². The molecule has 0 aliphatic heterocycles. The van der Waals surface area contributed by atoms with Gasteiger partial charge in [-0.15, -0.1) is 0 Å². The minimum Gasteiger partial charge on any atom is -0.326 e. The van der Waals surface area contributed by atoms with Crippen molar-refractivity contribution < 1.29 is 4.79 Å². The van der Waals surface area contributed by atoms with Gasteiger partial charge in [0.2, 0.25) is 5.91 Å². The second-order valence-electron chi connectivity index (χ2n) is 4.92. The number of carbonyl (C=O) groups is 1. The van der Waals surface area contributed by atoms with Crippen LogP contribution >= 0.6 is 15.9 Å². The molecule has 0 bridgehead atoms. The highest BCUT2D eigenvalue weighted by Crippen LogP contribution is 2.23. The molecule has 0 saturated heterocycles. The molecule has 0 fully saturated rings. The van der Waals surface area contributed by atoms with E-state index in [1.807, 2.05) is 44.2 Å². The van der Waals surface area contributed by atoms with E-state index in [1.165, 1.54) is 0 Å². The van der Waals surface area contributed by atoms with Crippen LogP contribution in [0.3, 0.4) is 0 Å². The Morgan fingerprint density at radius 1 is 1.20 bits per heavy atom. The first-order valence-electron chi connectivity index (χ1n) is 6.81. The molecule has 4 heteroatoms. The molecule has 2 aromatic carbocycles. The molecule has 1 amide bonds. The van der Waals surface area contributed by atoms with Gasteiger partial charge in [0.15, 0.2) is 0 Å². The lowest BCUT2D eigenvalue weighted by molar-refractivity contribution is -0.116. The van der Waals surface area contributed by atoms with Crippen molar-refractivity contribution in [3.8, 4) is 0 Å². The molecule has 1 unspecified atom stereocenters. The highest BCUT2D eigenvalue weighted by molar-refractivity contribution is 9.10. The Balaban J connectivity index is 2.06. The number of hydrogen-bond donors (Lipinski definition) is 2. The Kier molecular flexibility index (Phi) is 5.15. The zero-order valence-electron chi connectivity index (χ0n) is 11.7. The van der Waals surface area contributed by atoms with Crippen molar-refractivity contribution in [1.82, 2.24) is 5.32 Å². The molecular weight excluding hydrogens is 316 g/mol. The number of fused-ring (bicyclic) bond motifs is 1. The molecule has 0 heterocycles. The summed E-state index contributed by atoms with van der Waals surface area (Å²) in [5.74, 6) is 0.0370. The Bertz CT molecular complexity index is 612. The number of anilines is 1. The van der Waals surface area contributed by atoms with E-state index >= 15 is 0 Å². The number of carbonyl (C=O) groups excluding carboxylic acids is 1. The van der Waals surface area contributed by atoms with E-state index < -0.39 is 0 Å². The number of nitrogens with one attached hydrogen (secondary N) is 2. The maximum atomic E-state index is 11.9. The zero-order valence-corrected chi connectivity index (χ0v) is 13.3. The van der Waals surface area contributed by atoms with E-state index in [0.717, 1.165) is 27.5 Å². The SMILES string of the molecule is CCNC(C)CC(=O)Nc1ccc2cc(Br)ccc2c1. The van der Waals surface area contributed by atoms with Crippen LogP contribution in [0.1, 0.15) is 20.3 Å². The van der Waals surface area contributed by atoms with Crippen LogP contribution < -0.4 is 10.6 Å². The standard InChI is InChI=1S/C16H19BrN2O/c1-3-18-11(2)8-16(20)19-15-7-5-12-9-14(17)6-4-13(12)10-15/h4-7,9-11,18H,3,8H2,1-2H3,(H,19,20). The molecule has 2 aromatic rings. The van der Waals surface area contributed by atoms with Gasteiger partial charge in [0.1, 0.15) is 0 Å². The lowest BCUT2D eigenvalue weighted by atomic mass is 10.1. The van der Waals surface area contributed by atoms with Crippen molar-refractivity contribution in [3.63, 3.8) is 0 Å². The van der Waals surface area contributed by atoms with Crippen LogP contribution in [0.4, 0.5) is 5.69 Å². The smallest absolute Gasteiger partial charge is 0.225 e. The summed E-state index contributed by atoms with van der Waals surface area (Å²) >= 11 is 3.46. The molecule has 0 spiro atoms. The average Bonchev–Trinajstić information content (AvgIpc) is 2.39. The van der Waals surface area contributed by atoms with Gasteiger partial charge >= 0.3 is 0 Å². The Labute approximate surface area is 127 Å². The summed E-state index contributed by atoms with van der Waals surface area (Å²) in [5.41, 5.74) is 0.841. The Hall–Kier alpha value is -1.39. The fraction of sp³-hybridized carbons (Fsp3) is 0.312. The summed E-state index contributed by atoms with van der Waals surface area (Å²) in [6, 6.07) is 12.2. The molecular formula is C16H19BrN2O. The molecule has 106 valence electrons. The number of rotatable bonds is 5. The third-order valence-electron chi connectivity index (χ3n) is 3.13. The Morgan fingerprint density at radius 3 is 2.65 bits per heavy atom. The first kappa shape index (κ1) is 15.0. The second-order valence-corrected chi connectivity index (χ2v) is 5.83. The molecule has 0 aromatic heterocycles. The van der Waals surface area contributed by atoms with Gasteiger partial charge in [-0.05, 0) is 48.5 Å². The van der Waals surface area contributed by atoms with Gasteiger partial charge in [-0.1, -0.05) is 35.0 Å². The minimum absolute atomic E-state index is 0.0370. The third kappa shape index (κ3) is 4.05. The van der Waals surface area contributed by atoms with E-state index in [9.17, 15) is 4.79 Å². The topological polar surface area (TPSA) is 41.1 Å². The first-order chi connectivity index (χ1) is 9.58. The monoisotopic (exact) mass is 334 g/mol. The van der Waals surface area contributed by atoms with E-state index in [-0.39, 0.29) is 11.9 Å². The summed E-state index contributed by atoms with van der Waals surface area (Å²) in [4.78, 5) is 11.9. The molecule has 0 radical (unpaired) electrons. The molecule has 2 rings (SSSR count). The number of halogens is 1. The van der Waals surface area contributed by atoms with E-state index in [4.69, 9.17) is 0 Å². The maximum Gasteiger partial charge on any atom is 0.225 e. The lowest BCUT2D eigenvalue weighted by Gasteiger charge is -2.12. The zero-order chi connectivity index (χ0) is 14.5. The fourth-order valence-electron chi connectivity index (χ4n) is 2.21. The van der Waals surface area contributed by atoms with Crippen molar-refractivity contribution in [2.24, 2.45) is 0 Å². The number of benzene rings is 2. The first-order valence-corrected chi connectivity index (χ1v) is 7.60. The molecule has 0 aliphatic carbocycles. The second kappa shape index (κ2) is 6.86. The molecule has 1 atom stereocenters.